The maximum absolute atomic E-state index is 13.5. The van der Waals surface area contributed by atoms with Gasteiger partial charge in [0.15, 0.2) is 0 Å². The number of thioether (sulfide) groups is 1. The van der Waals surface area contributed by atoms with Crippen molar-refractivity contribution in [3.05, 3.63) is 119 Å². The summed E-state index contributed by atoms with van der Waals surface area (Å²) in [6, 6.07) is 27.4. The number of halogens is 2. The lowest BCUT2D eigenvalue weighted by atomic mass is 10.1. The summed E-state index contributed by atoms with van der Waals surface area (Å²) < 4.78 is 18.7. The van der Waals surface area contributed by atoms with E-state index in [1.54, 1.807) is 37.4 Å². The van der Waals surface area contributed by atoms with Gasteiger partial charge in [-0.05, 0) is 66.2 Å². The molecule has 2 N–H and O–H groups in total. The second-order valence-electron chi connectivity index (χ2n) is 7.74. The average molecular weight is 521 g/mol. The number of hydrogen-bond acceptors (Lipinski definition) is 4. The summed E-state index contributed by atoms with van der Waals surface area (Å²) in [7, 11) is 1.57. The van der Waals surface area contributed by atoms with Gasteiger partial charge < -0.3 is 15.4 Å². The van der Waals surface area contributed by atoms with Crippen molar-refractivity contribution in [3.8, 4) is 5.75 Å². The third-order valence-corrected chi connectivity index (χ3v) is 6.76. The Morgan fingerprint density at radius 2 is 1.58 bits per heavy atom. The predicted molar refractivity (Wildman–Crippen MR) is 142 cm³/mol. The summed E-state index contributed by atoms with van der Waals surface area (Å²) in [6.07, 6.45) is 0. The largest absolute Gasteiger partial charge is 0.497 e. The number of hydrogen-bond donors (Lipinski definition) is 2. The minimum atomic E-state index is -0.609. The van der Waals surface area contributed by atoms with E-state index in [2.05, 4.69) is 10.6 Å². The number of benzene rings is 4. The van der Waals surface area contributed by atoms with Gasteiger partial charge in [-0.2, -0.15) is 0 Å². The highest BCUT2D eigenvalue weighted by Gasteiger charge is 2.23. The van der Waals surface area contributed by atoms with Gasteiger partial charge in [0.2, 0.25) is 5.91 Å². The Labute approximate surface area is 217 Å². The van der Waals surface area contributed by atoms with Gasteiger partial charge >= 0.3 is 0 Å². The standard InChI is InChI=1S/C28H22ClFN2O3S/c1-35-22-13-10-19(11-14-22)27(33)31-20-8-5-9-23(16-20)36-26(18-6-3-2-4-7-18)28(34)32-21-12-15-25(30)24(29)17-21/h2-17,26H,1H3,(H,31,33)(H,32,34). The van der Waals surface area contributed by atoms with Crippen molar-refractivity contribution in [2.45, 2.75) is 10.1 Å². The van der Waals surface area contributed by atoms with Gasteiger partial charge in [-0.3, -0.25) is 9.59 Å². The molecule has 8 heteroatoms. The molecule has 4 rings (SSSR count). The van der Waals surface area contributed by atoms with Crippen molar-refractivity contribution in [3.63, 3.8) is 0 Å². The Hall–Kier alpha value is -3.81. The van der Waals surface area contributed by atoms with Crippen LogP contribution in [0.15, 0.2) is 102 Å². The highest BCUT2D eigenvalue weighted by atomic mass is 35.5. The normalized spacial score (nSPS) is 11.4. The van der Waals surface area contributed by atoms with E-state index in [0.29, 0.717) is 22.7 Å². The Morgan fingerprint density at radius 3 is 2.28 bits per heavy atom. The molecular formula is C28H22ClFN2O3S. The quantitative estimate of drug-likeness (QED) is 0.241. The van der Waals surface area contributed by atoms with Gasteiger partial charge in [0, 0.05) is 21.8 Å². The van der Waals surface area contributed by atoms with Crippen LogP contribution in [-0.2, 0) is 4.79 Å². The molecule has 0 bridgehead atoms. The van der Waals surface area contributed by atoms with Crippen LogP contribution in [0.1, 0.15) is 21.2 Å². The molecule has 0 spiro atoms. The number of methoxy groups -OCH3 is 1. The molecule has 5 nitrogen and oxygen atoms in total. The minimum absolute atomic E-state index is 0.0722. The van der Waals surface area contributed by atoms with Crippen LogP contribution < -0.4 is 15.4 Å². The van der Waals surface area contributed by atoms with E-state index >= 15 is 0 Å². The van der Waals surface area contributed by atoms with E-state index in [-0.39, 0.29) is 16.8 Å². The summed E-state index contributed by atoms with van der Waals surface area (Å²) >= 11 is 7.20. The molecule has 182 valence electrons. The first-order valence-corrected chi connectivity index (χ1v) is 12.2. The zero-order valence-corrected chi connectivity index (χ0v) is 20.8. The second kappa shape index (κ2) is 11.7. The van der Waals surface area contributed by atoms with Crippen molar-refractivity contribution in [1.82, 2.24) is 0 Å². The molecule has 0 aliphatic heterocycles. The molecule has 4 aromatic rings. The Bertz CT molecular complexity index is 1370. The summed E-state index contributed by atoms with van der Waals surface area (Å²) in [4.78, 5) is 26.7. The third-order valence-electron chi connectivity index (χ3n) is 5.23. The Kier molecular flexibility index (Phi) is 8.25. The molecule has 0 fully saturated rings. The maximum Gasteiger partial charge on any atom is 0.255 e. The number of ether oxygens (including phenoxy) is 1. The highest BCUT2D eigenvalue weighted by molar-refractivity contribution is 8.00. The number of nitrogens with one attached hydrogen (secondary N) is 2. The molecule has 0 heterocycles. The lowest BCUT2D eigenvalue weighted by Crippen LogP contribution is -2.19. The molecule has 0 saturated carbocycles. The molecule has 36 heavy (non-hydrogen) atoms. The summed E-state index contributed by atoms with van der Waals surface area (Å²) in [5.41, 5.74) is 2.28. The van der Waals surface area contributed by atoms with Gasteiger partial charge in [0.1, 0.15) is 16.8 Å². The van der Waals surface area contributed by atoms with Crippen LogP contribution in [-0.4, -0.2) is 18.9 Å². The fraction of sp³-hybridized carbons (Fsp3) is 0.0714. The first-order chi connectivity index (χ1) is 17.4. The van der Waals surface area contributed by atoms with E-state index in [1.807, 2.05) is 48.5 Å². The van der Waals surface area contributed by atoms with Crippen molar-refractivity contribution in [1.29, 1.82) is 0 Å². The Balaban J connectivity index is 1.53. The van der Waals surface area contributed by atoms with E-state index in [0.717, 1.165) is 10.5 Å². The zero-order valence-electron chi connectivity index (χ0n) is 19.2. The van der Waals surface area contributed by atoms with E-state index in [9.17, 15) is 14.0 Å². The molecule has 0 saturated heterocycles. The molecule has 0 aliphatic rings. The van der Waals surface area contributed by atoms with Gasteiger partial charge in [-0.1, -0.05) is 48.0 Å². The number of amides is 2. The van der Waals surface area contributed by atoms with Crippen LogP contribution in [0.4, 0.5) is 15.8 Å². The first kappa shape index (κ1) is 25.3. The lowest BCUT2D eigenvalue weighted by molar-refractivity contribution is -0.115. The molecule has 1 atom stereocenters. The summed E-state index contributed by atoms with van der Waals surface area (Å²) in [5.74, 6) is -0.442. The molecule has 1 unspecified atom stereocenters. The molecular weight excluding hydrogens is 499 g/mol. The molecule has 0 radical (unpaired) electrons. The zero-order chi connectivity index (χ0) is 25.5. The smallest absolute Gasteiger partial charge is 0.255 e. The highest BCUT2D eigenvalue weighted by Crippen LogP contribution is 2.37. The number of anilines is 2. The van der Waals surface area contributed by atoms with E-state index < -0.39 is 11.1 Å². The maximum atomic E-state index is 13.5. The van der Waals surface area contributed by atoms with E-state index in [4.69, 9.17) is 16.3 Å². The molecule has 0 aromatic heterocycles. The number of carbonyl (C=O) groups excluding carboxylic acids is 2. The van der Waals surface area contributed by atoms with Gasteiger partial charge in [0.05, 0.1) is 12.1 Å². The number of carbonyl (C=O) groups is 2. The van der Waals surface area contributed by atoms with Gasteiger partial charge in [0.25, 0.3) is 5.91 Å². The molecule has 0 aliphatic carbocycles. The van der Waals surface area contributed by atoms with Crippen LogP contribution in [0.3, 0.4) is 0 Å². The minimum Gasteiger partial charge on any atom is -0.497 e. The van der Waals surface area contributed by atoms with Crippen LogP contribution in [0.25, 0.3) is 0 Å². The molecule has 4 aromatic carbocycles. The van der Waals surface area contributed by atoms with Crippen molar-refractivity contribution in [2.75, 3.05) is 17.7 Å². The second-order valence-corrected chi connectivity index (χ2v) is 9.32. The van der Waals surface area contributed by atoms with Crippen LogP contribution in [0.2, 0.25) is 5.02 Å². The first-order valence-electron chi connectivity index (χ1n) is 11.0. The lowest BCUT2D eigenvalue weighted by Gasteiger charge is -2.18. The fourth-order valence-corrected chi connectivity index (χ4v) is 4.68. The van der Waals surface area contributed by atoms with E-state index in [1.165, 1.54) is 30.0 Å². The van der Waals surface area contributed by atoms with Gasteiger partial charge in [-0.15, -0.1) is 11.8 Å². The Morgan fingerprint density at radius 1 is 0.861 bits per heavy atom. The molecule has 2 amide bonds. The van der Waals surface area contributed by atoms with Crippen molar-refractivity contribution < 1.29 is 18.7 Å². The summed E-state index contributed by atoms with van der Waals surface area (Å²) in [6.45, 7) is 0. The van der Waals surface area contributed by atoms with Crippen LogP contribution >= 0.6 is 23.4 Å². The van der Waals surface area contributed by atoms with Crippen LogP contribution in [0.5, 0.6) is 5.75 Å². The predicted octanol–water partition coefficient (Wildman–Crippen LogP) is 7.21. The number of rotatable bonds is 8. The van der Waals surface area contributed by atoms with Gasteiger partial charge in [-0.25, -0.2) is 4.39 Å². The average Bonchev–Trinajstić information content (AvgIpc) is 2.90. The fourth-order valence-electron chi connectivity index (χ4n) is 3.41. The summed E-state index contributed by atoms with van der Waals surface area (Å²) in [5, 5.41) is 5.02. The third kappa shape index (κ3) is 6.44. The van der Waals surface area contributed by atoms with Crippen molar-refractivity contribution in [2.24, 2.45) is 0 Å². The topological polar surface area (TPSA) is 67.4 Å². The van der Waals surface area contributed by atoms with Crippen molar-refractivity contribution >= 4 is 46.6 Å². The monoisotopic (exact) mass is 520 g/mol. The SMILES string of the molecule is COc1ccc(C(=O)Nc2cccc(SC(C(=O)Nc3ccc(F)c(Cl)c3)c3ccccc3)c2)cc1. The van der Waals surface area contributed by atoms with Crippen LogP contribution in [0, 0.1) is 5.82 Å².